The molecule has 4 atom stereocenters. The van der Waals surface area contributed by atoms with Crippen LogP contribution in [-0.4, -0.2) is 49.3 Å². The van der Waals surface area contributed by atoms with Gasteiger partial charge in [-0.2, -0.15) is 0 Å². The molecule has 0 radical (unpaired) electrons. The number of hydrogen-bond acceptors (Lipinski definition) is 3. The Hall–Kier alpha value is -0.120. The predicted octanol–water partition coefficient (Wildman–Crippen LogP) is 3.29. The lowest BCUT2D eigenvalue weighted by molar-refractivity contribution is -0.0206. The molecule has 1 saturated heterocycles. The van der Waals surface area contributed by atoms with E-state index in [0.717, 1.165) is 6.54 Å². The van der Waals surface area contributed by atoms with Crippen molar-refractivity contribution in [3.05, 3.63) is 0 Å². The van der Waals surface area contributed by atoms with Crippen LogP contribution in [0.15, 0.2) is 0 Å². The average molecular weight is 296 g/mol. The fourth-order valence-corrected chi connectivity index (χ4v) is 4.05. The van der Waals surface area contributed by atoms with Crippen LogP contribution in [0.2, 0.25) is 0 Å². The lowest BCUT2D eigenvalue weighted by Gasteiger charge is -2.51. The van der Waals surface area contributed by atoms with E-state index in [-0.39, 0.29) is 0 Å². The lowest BCUT2D eigenvalue weighted by Crippen LogP contribution is -2.64. The van der Waals surface area contributed by atoms with Crippen molar-refractivity contribution >= 4 is 0 Å². The molecule has 3 nitrogen and oxygen atoms in total. The molecule has 2 rings (SSSR count). The minimum Gasteiger partial charge on any atom is -0.381 e. The third-order valence-corrected chi connectivity index (χ3v) is 5.61. The van der Waals surface area contributed by atoms with Crippen LogP contribution in [0.3, 0.4) is 0 Å². The van der Waals surface area contributed by atoms with Gasteiger partial charge in [-0.25, -0.2) is 0 Å². The van der Waals surface area contributed by atoms with E-state index >= 15 is 0 Å². The van der Waals surface area contributed by atoms with E-state index in [0.29, 0.717) is 35.6 Å². The first-order valence-corrected chi connectivity index (χ1v) is 8.85. The molecule has 0 bridgehead atoms. The molecule has 0 aromatic carbocycles. The number of rotatable bonds is 3. The van der Waals surface area contributed by atoms with Crippen LogP contribution in [0.25, 0.3) is 0 Å². The first kappa shape index (κ1) is 17.2. The predicted molar refractivity (Wildman–Crippen MR) is 89.6 cm³/mol. The SMILES string of the molecule is COC1CCCC(N2CC(C(C)(C)C)NCC2C(C)C)C1. The molecule has 1 saturated carbocycles. The van der Waals surface area contributed by atoms with Crippen molar-refractivity contribution in [2.24, 2.45) is 11.3 Å². The minimum atomic E-state index is 0.329. The quantitative estimate of drug-likeness (QED) is 0.865. The summed E-state index contributed by atoms with van der Waals surface area (Å²) in [5.74, 6) is 0.710. The summed E-state index contributed by atoms with van der Waals surface area (Å²) < 4.78 is 5.66. The summed E-state index contributed by atoms with van der Waals surface area (Å²) in [6.45, 7) is 14.1. The molecule has 1 aliphatic heterocycles. The molecule has 2 aliphatic rings. The number of ether oxygens (including phenoxy) is 1. The van der Waals surface area contributed by atoms with Crippen LogP contribution in [-0.2, 0) is 4.74 Å². The maximum Gasteiger partial charge on any atom is 0.0586 e. The van der Waals surface area contributed by atoms with Gasteiger partial charge < -0.3 is 10.1 Å². The second-order valence-corrected chi connectivity index (χ2v) is 8.51. The maximum absolute atomic E-state index is 5.66. The van der Waals surface area contributed by atoms with Gasteiger partial charge in [0.2, 0.25) is 0 Å². The van der Waals surface area contributed by atoms with Gasteiger partial charge in [0, 0.05) is 38.3 Å². The zero-order valence-corrected chi connectivity index (χ0v) is 15.0. The van der Waals surface area contributed by atoms with E-state index in [1.165, 1.54) is 32.2 Å². The second kappa shape index (κ2) is 6.97. The molecule has 2 fully saturated rings. The van der Waals surface area contributed by atoms with E-state index in [4.69, 9.17) is 4.74 Å². The van der Waals surface area contributed by atoms with Crippen LogP contribution >= 0.6 is 0 Å². The Balaban J connectivity index is 2.10. The molecule has 3 heteroatoms. The van der Waals surface area contributed by atoms with E-state index < -0.39 is 0 Å². The highest BCUT2D eigenvalue weighted by Gasteiger charge is 2.39. The van der Waals surface area contributed by atoms with Gasteiger partial charge in [-0.3, -0.25) is 4.90 Å². The molecular weight excluding hydrogens is 260 g/mol. The first-order chi connectivity index (χ1) is 9.82. The molecule has 1 N–H and O–H groups in total. The summed E-state index contributed by atoms with van der Waals surface area (Å²) in [4.78, 5) is 2.82. The van der Waals surface area contributed by atoms with Crippen molar-refractivity contribution < 1.29 is 4.74 Å². The molecular formula is C18H36N2O. The topological polar surface area (TPSA) is 24.5 Å². The largest absolute Gasteiger partial charge is 0.381 e. The van der Waals surface area contributed by atoms with Gasteiger partial charge in [-0.1, -0.05) is 34.6 Å². The molecule has 1 aliphatic carbocycles. The second-order valence-electron chi connectivity index (χ2n) is 8.51. The number of methoxy groups -OCH3 is 1. The van der Waals surface area contributed by atoms with Crippen LogP contribution in [0.5, 0.6) is 0 Å². The van der Waals surface area contributed by atoms with E-state index in [9.17, 15) is 0 Å². The third-order valence-electron chi connectivity index (χ3n) is 5.61. The Morgan fingerprint density at radius 2 is 1.90 bits per heavy atom. The first-order valence-electron chi connectivity index (χ1n) is 8.85. The number of hydrogen-bond donors (Lipinski definition) is 1. The Morgan fingerprint density at radius 1 is 1.19 bits per heavy atom. The van der Waals surface area contributed by atoms with E-state index in [2.05, 4.69) is 44.8 Å². The van der Waals surface area contributed by atoms with Gasteiger partial charge in [-0.15, -0.1) is 0 Å². The highest BCUT2D eigenvalue weighted by atomic mass is 16.5. The summed E-state index contributed by atoms with van der Waals surface area (Å²) >= 11 is 0. The van der Waals surface area contributed by atoms with E-state index in [1.54, 1.807) is 0 Å². The summed E-state index contributed by atoms with van der Waals surface area (Å²) in [6.07, 6.45) is 5.60. The highest BCUT2D eigenvalue weighted by Crippen LogP contribution is 2.32. The van der Waals surface area contributed by atoms with Crippen LogP contribution in [0, 0.1) is 11.3 Å². The molecule has 0 amide bonds. The zero-order chi connectivity index (χ0) is 15.6. The molecule has 4 unspecified atom stereocenters. The molecule has 0 aromatic rings. The number of piperazine rings is 1. The normalized spacial score (nSPS) is 36.1. The average Bonchev–Trinajstić information content (AvgIpc) is 2.45. The van der Waals surface area contributed by atoms with Crippen molar-refractivity contribution in [2.75, 3.05) is 20.2 Å². The fraction of sp³-hybridized carbons (Fsp3) is 1.00. The van der Waals surface area contributed by atoms with Gasteiger partial charge in [0.15, 0.2) is 0 Å². The molecule has 0 aromatic heterocycles. The maximum atomic E-state index is 5.66. The van der Waals surface area contributed by atoms with Gasteiger partial charge in [0.25, 0.3) is 0 Å². The fourth-order valence-electron chi connectivity index (χ4n) is 4.05. The standard InChI is InChI=1S/C18H36N2O/c1-13(2)16-11-19-17(18(3,4)5)12-20(16)14-8-7-9-15(10-14)21-6/h13-17,19H,7-12H2,1-6H3. The number of nitrogens with zero attached hydrogens (tertiary/aromatic N) is 1. The van der Waals surface area contributed by atoms with Gasteiger partial charge in [0.05, 0.1) is 6.10 Å². The summed E-state index contributed by atoms with van der Waals surface area (Å²) in [5.41, 5.74) is 0.329. The van der Waals surface area contributed by atoms with Gasteiger partial charge in [-0.05, 0) is 37.0 Å². The Labute approximate surface area is 131 Å². The van der Waals surface area contributed by atoms with Crippen molar-refractivity contribution in [1.29, 1.82) is 0 Å². The van der Waals surface area contributed by atoms with Crippen molar-refractivity contribution in [2.45, 2.75) is 84.5 Å². The minimum absolute atomic E-state index is 0.329. The Bertz CT molecular complexity index is 324. The Morgan fingerprint density at radius 3 is 2.48 bits per heavy atom. The van der Waals surface area contributed by atoms with Crippen LogP contribution in [0.4, 0.5) is 0 Å². The molecule has 21 heavy (non-hydrogen) atoms. The molecule has 0 spiro atoms. The van der Waals surface area contributed by atoms with Gasteiger partial charge in [0.1, 0.15) is 0 Å². The summed E-state index contributed by atoms with van der Waals surface area (Å²) in [7, 11) is 1.88. The third kappa shape index (κ3) is 4.20. The molecule has 124 valence electrons. The van der Waals surface area contributed by atoms with Crippen molar-refractivity contribution in [3.63, 3.8) is 0 Å². The monoisotopic (exact) mass is 296 g/mol. The zero-order valence-electron chi connectivity index (χ0n) is 15.0. The summed E-state index contributed by atoms with van der Waals surface area (Å²) in [6, 6.07) is 1.97. The van der Waals surface area contributed by atoms with Crippen molar-refractivity contribution in [3.8, 4) is 0 Å². The summed E-state index contributed by atoms with van der Waals surface area (Å²) in [5, 5.41) is 3.81. The number of nitrogens with one attached hydrogen (secondary N) is 1. The highest BCUT2D eigenvalue weighted by molar-refractivity contribution is 4.96. The Kier molecular flexibility index (Phi) is 5.72. The van der Waals surface area contributed by atoms with Crippen LogP contribution < -0.4 is 5.32 Å². The smallest absolute Gasteiger partial charge is 0.0586 e. The lowest BCUT2D eigenvalue weighted by atomic mass is 9.81. The van der Waals surface area contributed by atoms with Crippen LogP contribution in [0.1, 0.15) is 60.3 Å². The van der Waals surface area contributed by atoms with Crippen molar-refractivity contribution in [1.82, 2.24) is 10.2 Å². The van der Waals surface area contributed by atoms with E-state index in [1.807, 2.05) is 7.11 Å². The van der Waals surface area contributed by atoms with Gasteiger partial charge >= 0.3 is 0 Å². The molecule has 1 heterocycles.